The van der Waals surface area contributed by atoms with Gasteiger partial charge in [0, 0.05) is 12.3 Å². The number of amidine groups is 1. The van der Waals surface area contributed by atoms with Crippen LogP contribution in [-0.2, 0) is 6.54 Å². The van der Waals surface area contributed by atoms with Gasteiger partial charge in [-0.2, -0.15) is 0 Å². The number of hydrogen-bond donors (Lipinski definition) is 4. The molecule has 158 valence electrons. The number of aromatic nitrogens is 2. The molecule has 0 saturated heterocycles. The van der Waals surface area contributed by atoms with E-state index in [0.717, 1.165) is 0 Å². The molecule has 3 rings (SSSR count). The van der Waals surface area contributed by atoms with Gasteiger partial charge in [-0.05, 0) is 56.6 Å². The van der Waals surface area contributed by atoms with Crippen LogP contribution in [0.2, 0.25) is 0 Å². The first-order chi connectivity index (χ1) is 14.6. The van der Waals surface area contributed by atoms with E-state index in [1.807, 2.05) is 5.48 Å². The number of carbonyl (C=O) groups is 1. The minimum absolute atomic E-state index is 0.0265. The van der Waals surface area contributed by atoms with Crippen LogP contribution in [0.3, 0.4) is 0 Å². The van der Waals surface area contributed by atoms with Crippen molar-refractivity contribution in [2.75, 3.05) is 12.3 Å². The Balaban J connectivity index is 1.53. The fourth-order valence-corrected chi connectivity index (χ4v) is 3.31. The first-order valence-electron chi connectivity index (χ1n) is 8.50. The Kier molecular flexibility index (Phi) is 7.82. The predicted molar refractivity (Wildman–Crippen MR) is 109 cm³/mol. The molecule has 1 aromatic carbocycles. The number of urea groups is 1. The zero-order chi connectivity index (χ0) is 21.3. The number of rotatable bonds is 8. The molecule has 13 heteroatoms. The standard InChI is InChI=1S/C17H16BrFN6O4S/c18-12-8-10(3-4-13(12)19)22-15(23-27)14-16(25-29-24-14)30-7-5-20-17(26)21-9-11-2-1-6-28-11/h1-4,6,8,27H,5,7,9H2,(H,22,23)(H2,20,21,26). The Morgan fingerprint density at radius 2 is 2.17 bits per heavy atom. The number of furan rings is 1. The molecular weight excluding hydrogens is 483 g/mol. The largest absolute Gasteiger partial charge is 0.467 e. The van der Waals surface area contributed by atoms with Gasteiger partial charge in [-0.1, -0.05) is 11.8 Å². The maximum atomic E-state index is 13.4. The van der Waals surface area contributed by atoms with Gasteiger partial charge < -0.3 is 15.1 Å². The van der Waals surface area contributed by atoms with Crippen LogP contribution in [0.25, 0.3) is 0 Å². The number of carbonyl (C=O) groups excluding carboxylic acids is 1. The van der Waals surface area contributed by atoms with E-state index in [9.17, 15) is 14.4 Å². The summed E-state index contributed by atoms with van der Waals surface area (Å²) in [6, 6.07) is 7.27. The highest BCUT2D eigenvalue weighted by Gasteiger charge is 2.17. The summed E-state index contributed by atoms with van der Waals surface area (Å²) < 4.78 is 23.5. The predicted octanol–water partition coefficient (Wildman–Crippen LogP) is 3.21. The summed E-state index contributed by atoms with van der Waals surface area (Å²) in [6.45, 7) is 0.621. The first kappa shape index (κ1) is 21.8. The molecule has 0 spiro atoms. The normalized spacial score (nSPS) is 11.4. The summed E-state index contributed by atoms with van der Waals surface area (Å²) in [7, 11) is 0. The number of aliphatic imine (C=N–C) groups is 1. The second kappa shape index (κ2) is 10.8. The summed E-state index contributed by atoms with van der Waals surface area (Å²) in [5, 5.41) is 22.7. The lowest BCUT2D eigenvalue weighted by Crippen LogP contribution is -2.36. The number of thioether (sulfide) groups is 1. The minimum atomic E-state index is -0.437. The van der Waals surface area contributed by atoms with Crippen molar-refractivity contribution in [3.05, 3.63) is 58.3 Å². The lowest BCUT2D eigenvalue weighted by molar-refractivity contribution is 0.234. The van der Waals surface area contributed by atoms with E-state index in [-0.39, 0.29) is 28.6 Å². The van der Waals surface area contributed by atoms with Crippen molar-refractivity contribution >= 4 is 45.2 Å². The van der Waals surface area contributed by atoms with Gasteiger partial charge in [0.15, 0.2) is 16.6 Å². The number of hydroxylamine groups is 1. The summed E-state index contributed by atoms with van der Waals surface area (Å²) in [5.41, 5.74) is 2.48. The Bertz CT molecular complexity index is 1010. The van der Waals surface area contributed by atoms with Gasteiger partial charge in [-0.15, -0.1) is 0 Å². The zero-order valence-corrected chi connectivity index (χ0v) is 17.7. The Labute approximate surface area is 182 Å². The van der Waals surface area contributed by atoms with Crippen LogP contribution in [0.4, 0.5) is 14.9 Å². The Hall–Kier alpha value is -2.90. The van der Waals surface area contributed by atoms with Crippen LogP contribution in [-0.4, -0.2) is 39.7 Å². The molecule has 0 bridgehead atoms. The van der Waals surface area contributed by atoms with E-state index in [2.05, 4.69) is 41.9 Å². The van der Waals surface area contributed by atoms with E-state index < -0.39 is 5.82 Å². The third kappa shape index (κ3) is 6.05. The van der Waals surface area contributed by atoms with E-state index in [4.69, 9.17) is 9.05 Å². The molecule has 10 nitrogen and oxygen atoms in total. The minimum Gasteiger partial charge on any atom is -0.467 e. The van der Waals surface area contributed by atoms with Crippen LogP contribution in [0.5, 0.6) is 0 Å². The van der Waals surface area contributed by atoms with E-state index in [1.54, 1.807) is 12.1 Å². The monoisotopic (exact) mass is 498 g/mol. The number of halogens is 2. The van der Waals surface area contributed by atoms with Gasteiger partial charge in [-0.3, -0.25) is 10.7 Å². The van der Waals surface area contributed by atoms with Crippen molar-refractivity contribution < 1.29 is 23.4 Å². The highest BCUT2D eigenvalue weighted by Crippen LogP contribution is 2.24. The molecule has 3 aromatic rings. The number of hydrogen-bond acceptors (Lipinski definition) is 8. The molecule has 2 heterocycles. The third-order valence-corrected chi connectivity index (χ3v) is 5.12. The molecule has 0 aliphatic rings. The topological polar surface area (TPSA) is 138 Å². The first-order valence-corrected chi connectivity index (χ1v) is 10.3. The van der Waals surface area contributed by atoms with Crippen molar-refractivity contribution in [1.29, 1.82) is 0 Å². The lowest BCUT2D eigenvalue weighted by atomic mass is 10.3. The van der Waals surface area contributed by atoms with Gasteiger partial charge >= 0.3 is 6.03 Å². The highest BCUT2D eigenvalue weighted by molar-refractivity contribution is 9.10. The third-order valence-electron chi connectivity index (χ3n) is 3.56. The van der Waals surface area contributed by atoms with Crippen molar-refractivity contribution in [3.63, 3.8) is 0 Å². The lowest BCUT2D eigenvalue weighted by Gasteiger charge is -2.06. The molecule has 0 aliphatic carbocycles. The number of benzene rings is 1. The number of nitrogens with one attached hydrogen (secondary N) is 3. The van der Waals surface area contributed by atoms with Crippen LogP contribution in [0.1, 0.15) is 11.5 Å². The molecule has 0 aliphatic heterocycles. The highest BCUT2D eigenvalue weighted by atomic mass is 79.9. The SMILES string of the molecule is O=C(NCCSc1nonc1C(=Nc1ccc(F)c(Br)c1)NO)NCc1ccco1. The van der Waals surface area contributed by atoms with Gasteiger partial charge in [0.05, 0.1) is 23.0 Å². The average Bonchev–Trinajstić information content (AvgIpc) is 3.42. The molecule has 0 unspecified atom stereocenters. The smallest absolute Gasteiger partial charge is 0.315 e. The van der Waals surface area contributed by atoms with E-state index in [0.29, 0.717) is 28.8 Å². The molecule has 4 N–H and O–H groups in total. The van der Waals surface area contributed by atoms with E-state index in [1.165, 1.54) is 36.2 Å². The number of nitrogens with zero attached hydrogens (tertiary/aromatic N) is 3. The maximum Gasteiger partial charge on any atom is 0.315 e. The zero-order valence-electron chi connectivity index (χ0n) is 15.3. The molecule has 30 heavy (non-hydrogen) atoms. The van der Waals surface area contributed by atoms with Crippen LogP contribution >= 0.6 is 27.7 Å². The Morgan fingerprint density at radius 3 is 2.90 bits per heavy atom. The van der Waals surface area contributed by atoms with Gasteiger partial charge in [0.2, 0.25) is 0 Å². The fraction of sp³-hybridized carbons (Fsp3) is 0.176. The molecular formula is C17H16BrFN6O4S. The fourth-order valence-electron chi connectivity index (χ4n) is 2.19. The summed E-state index contributed by atoms with van der Waals surface area (Å²) in [6.07, 6.45) is 1.53. The molecule has 0 fully saturated rings. The molecule has 0 saturated carbocycles. The van der Waals surface area contributed by atoms with Crippen LogP contribution in [0.15, 0.2) is 60.1 Å². The van der Waals surface area contributed by atoms with Crippen molar-refractivity contribution in [3.8, 4) is 0 Å². The summed E-state index contributed by atoms with van der Waals surface area (Å²) in [4.78, 5) is 15.9. The molecule has 2 amide bonds. The molecule has 0 radical (unpaired) electrons. The van der Waals surface area contributed by atoms with Gasteiger partial charge in [0.25, 0.3) is 0 Å². The second-order valence-electron chi connectivity index (χ2n) is 5.63. The summed E-state index contributed by atoms with van der Waals surface area (Å²) in [5.74, 6) is 0.638. The number of amides is 2. The van der Waals surface area contributed by atoms with Crippen molar-refractivity contribution in [2.24, 2.45) is 4.99 Å². The van der Waals surface area contributed by atoms with Crippen LogP contribution < -0.4 is 16.1 Å². The van der Waals surface area contributed by atoms with E-state index >= 15 is 0 Å². The van der Waals surface area contributed by atoms with Crippen molar-refractivity contribution in [2.45, 2.75) is 11.6 Å². The average molecular weight is 499 g/mol. The summed E-state index contributed by atoms with van der Waals surface area (Å²) >= 11 is 4.32. The maximum absolute atomic E-state index is 13.4. The molecule has 0 atom stereocenters. The van der Waals surface area contributed by atoms with Gasteiger partial charge in [0.1, 0.15) is 11.6 Å². The Morgan fingerprint density at radius 1 is 1.30 bits per heavy atom. The van der Waals surface area contributed by atoms with Gasteiger partial charge in [-0.25, -0.2) is 18.8 Å². The quantitative estimate of drug-likeness (QED) is 0.122. The molecule has 2 aromatic heterocycles. The van der Waals surface area contributed by atoms with Crippen molar-refractivity contribution in [1.82, 2.24) is 26.4 Å². The second-order valence-corrected chi connectivity index (χ2v) is 7.56. The van der Waals surface area contributed by atoms with Crippen LogP contribution in [0, 0.1) is 5.82 Å².